The van der Waals surface area contributed by atoms with Crippen molar-refractivity contribution < 1.29 is 43.0 Å². The zero-order valence-electron chi connectivity index (χ0n) is 17.0. The van der Waals surface area contributed by atoms with Gasteiger partial charge in [-0.25, -0.2) is 0 Å². The number of carbonyl (C=O) groups is 5. The number of nitrogens with one attached hydrogen (secondary N) is 1. The Morgan fingerprint density at radius 3 is 2.58 bits per heavy atom. The number of thioether (sulfide) groups is 1. The molecule has 31 heavy (non-hydrogen) atoms. The fourth-order valence-electron chi connectivity index (χ4n) is 3.08. The summed E-state index contributed by atoms with van der Waals surface area (Å²) in [6.07, 6.45) is 0. The summed E-state index contributed by atoms with van der Waals surface area (Å²) >= 11 is 6.71. The number of carbonyl (C=O) groups excluding carboxylic acids is 5. The molecule has 2 rings (SSSR count). The maximum atomic E-state index is 12.6. The first-order valence-corrected chi connectivity index (χ1v) is 10.5. The predicted molar refractivity (Wildman–Crippen MR) is 107 cm³/mol. The van der Waals surface area contributed by atoms with Crippen molar-refractivity contribution in [3.05, 3.63) is 0 Å². The minimum atomic E-state index is -1.17. The maximum absolute atomic E-state index is 12.6. The molecule has 0 saturated carbocycles. The van der Waals surface area contributed by atoms with E-state index in [4.69, 9.17) is 21.1 Å². The standard InChI is InChI=1S/C17H22ClN3O9S/c1-9(22)29-8-30-16(26)17(6-27-2)5-21-14(25)12(15(21)31-7-17)19-13(24)11(20-28-3)10(23)4-18/h12,15H,4-8H2,1-3H3,(H,19,24)/t12?,15-,17?/m1/s1. The Morgan fingerprint density at radius 1 is 1.29 bits per heavy atom. The van der Waals surface area contributed by atoms with E-state index in [9.17, 15) is 24.0 Å². The van der Waals surface area contributed by atoms with Gasteiger partial charge in [-0.05, 0) is 0 Å². The van der Waals surface area contributed by atoms with Gasteiger partial charge in [-0.3, -0.25) is 24.0 Å². The Kier molecular flexibility index (Phi) is 8.65. The number of amides is 2. The van der Waals surface area contributed by atoms with E-state index in [-0.39, 0.29) is 18.9 Å². The van der Waals surface area contributed by atoms with Crippen LogP contribution < -0.4 is 5.32 Å². The summed E-state index contributed by atoms with van der Waals surface area (Å²) in [5, 5.41) is 5.37. The number of ether oxygens (including phenoxy) is 3. The van der Waals surface area contributed by atoms with Crippen molar-refractivity contribution in [2.45, 2.75) is 18.3 Å². The fourth-order valence-corrected chi connectivity index (χ4v) is 4.72. The highest BCUT2D eigenvalue weighted by Gasteiger charge is 2.58. The molecule has 2 heterocycles. The first-order valence-electron chi connectivity index (χ1n) is 8.93. The SMILES string of the molecule is COCC1(C(=O)OCOC(C)=O)CS[C@@H]2C(NC(=O)C(=NOC)C(=O)CCl)C(=O)N2C1. The average molecular weight is 480 g/mol. The van der Waals surface area contributed by atoms with Crippen molar-refractivity contribution in [3.8, 4) is 0 Å². The molecule has 14 heteroatoms. The Hall–Kier alpha value is -2.38. The molecular formula is C17H22ClN3O9S. The number of hydrogen-bond donors (Lipinski definition) is 1. The summed E-state index contributed by atoms with van der Waals surface area (Å²) in [4.78, 5) is 66.1. The molecule has 2 aliphatic heterocycles. The predicted octanol–water partition coefficient (Wildman–Crippen LogP) is -1.11. The lowest BCUT2D eigenvalue weighted by molar-refractivity contribution is -0.178. The van der Waals surface area contributed by atoms with E-state index in [0.29, 0.717) is 0 Å². The number of Topliss-reactive ketones (excluding diaryl/α,β-unsaturated/α-hetero) is 1. The molecule has 1 N–H and O–H groups in total. The zero-order valence-corrected chi connectivity index (χ0v) is 18.6. The Morgan fingerprint density at radius 2 is 2.00 bits per heavy atom. The molecule has 2 unspecified atom stereocenters. The number of hydrogen-bond acceptors (Lipinski definition) is 11. The number of methoxy groups -OCH3 is 1. The number of rotatable bonds is 10. The lowest BCUT2D eigenvalue weighted by Gasteiger charge is -2.53. The summed E-state index contributed by atoms with van der Waals surface area (Å²) in [7, 11) is 2.57. The van der Waals surface area contributed by atoms with E-state index < -0.39 is 64.8 Å². The third-order valence-electron chi connectivity index (χ3n) is 4.52. The second-order valence-corrected chi connectivity index (χ2v) is 8.07. The highest BCUT2D eigenvalue weighted by molar-refractivity contribution is 8.00. The molecule has 3 atom stereocenters. The third-order valence-corrected chi connectivity index (χ3v) is 6.35. The van der Waals surface area contributed by atoms with Crippen LogP contribution >= 0.6 is 23.4 Å². The van der Waals surface area contributed by atoms with Crippen LogP contribution in [-0.4, -0.2) is 97.4 Å². The summed E-state index contributed by atoms with van der Waals surface area (Å²) in [6, 6.07) is -0.916. The smallest absolute Gasteiger partial charge is 0.319 e. The first kappa shape index (κ1) is 24.9. The lowest BCUT2D eigenvalue weighted by Crippen LogP contribution is -2.74. The van der Waals surface area contributed by atoms with Crippen LogP contribution in [0.2, 0.25) is 0 Å². The van der Waals surface area contributed by atoms with Crippen molar-refractivity contribution in [3.63, 3.8) is 0 Å². The molecular weight excluding hydrogens is 458 g/mol. The summed E-state index contributed by atoms with van der Waals surface area (Å²) in [5.41, 5.74) is -1.72. The van der Waals surface area contributed by atoms with Gasteiger partial charge in [0.15, 0.2) is 0 Å². The van der Waals surface area contributed by atoms with Crippen LogP contribution in [0.15, 0.2) is 5.16 Å². The summed E-state index contributed by atoms with van der Waals surface area (Å²) < 4.78 is 14.8. The number of esters is 2. The van der Waals surface area contributed by atoms with E-state index in [2.05, 4.69) is 20.0 Å². The Labute approximate surface area is 186 Å². The molecule has 0 bridgehead atoms. The molecule has 12 nitrogen and oxygen atoms in total. The van der Waals surface area contributed by atoms with Gasteiger partial charge in [0.25, 0.3) is 5.91 Å². The summed E-state index contributed by atoms with van der Waals surface area (Å²) in [6.45, 7) is 0.594. The summed E-state index contributed by atoms with van der Waals surface area (Å²) in [5.74, 6) is -3.63. The Bertz CT molecular complexity index is 793. The van der Waals surface area contributed by atoms with E-state index >= 15 is 0 Å². The molecule has 172 valence electrons. The van der Waals surface area contributed by atoms with Gasteiger partial charge in [0.2, 0.25) is 24.2 Å². The second-order valence-electron chi connectivity index (χ2n) is 6.70. The molecule has 2 fully saturated rings. The third kappa shape index (κ3) is 5.46. The molecule has 2 aliphatic rings. The molecule has 0 aromatic carbocycles. The van der Waals surface area contributed by atoms with Crippen molar-refractivity contribution in [2.75, 3.05) is 45.8 Å². The highest BCUT2D eigenvalue weighted by Crippen LogP contribution is 2.42. The van der Waals surface area contributed by atoms with E-state index in [1.807, 2.05) is 0 Å². The molecule has 0 aromatic heterocycles. The first-order chi connectivity index (χ1) is 14.7. The van der Waals surface area contributed by atoms with Crippen molar-refractivity contribution in [1.29, 1.82) is 0 Å². The fraction of sp³-hybridized carbons (Fsp3) is 0.647. The van der Waals surface area contributed by atoms with Crippen molar-refractivity contribution in [2.24, 2.45) is 10.6 Å². The number of fused-ring (bicyclic) bond motifs is 1. The van der Waals surface area contributed by atoms with Gasteiger partial charge in [0.05, 0.1) is 12.5 Å². The minimum absolute atomic E-state index is 0.0117. The van der Waals surface area contributed by atoms with Gasteiger partial charge in [-0.15, -0.1) is 23.4 Å². The van der Waals surface area contributed by atoms with Crippen LogP contribution in [-0.2, 0) is 43.0 Å². The van der Waals surface area contributed by atoms with E-state index in [1.54, 1.807) is 0 Å². The maximum Gasteiger partial charge on any atom is 0.319 e. The van der Waals surface area contributed by atoms with Crippen LogP contribution in [0.5, 0.6) is 0 Å². The quantitative estimate of drug-likeness (QED) is 0.0777. The number of ketones is 1. The average Bonchev–Trinajstić information content (AvgIpc) is 2.74. The van der Waals surface area contributed by atoms with Gasteiger partial charge < -0.3 is 29.3 Å². The molecule has 0 aromatic rings. The zero-order chi connectivity index (χ0) is 23.2. The van der Waals surface area contributed by atoms with Gasteiger partial charge in [-0.2, -0.15) is 0 Å². The lowest BCUT2D eigenvalue weighted by atomic mass is 9.88. The van der Waals surface area contributed by atoms with Crippen molar-refractivity contribution >= 4 is 58.6 Å². The van der Waals surface area contributed by atoms with Gasteiger partial charge >= 0.3 is 11.9 Å². The van der Waals surface area contributed by atoms with E-state index in [0.717, 1.165) is 7.11 Å². The Balaban J connectivity index is 2.05. The molecule has 2 amide bonds. The molecule has 0 aliphatic carbocycles. The number of β-lactam (4-membered cyclic amide) rings is 1. The molecule has 0 radical (unpaired) electrons. The number of alkyl halides is 1. The normalized spacial score (nSPS) is 25.1. The van der Waals surface area contributed by atoms with Gasteiger partial charge in [0.1, 0.15) is 23.9 Å². The van der Waals surface area contributed by atoms with E-state index in [1.165, 1.54) is 30.7 Å². The minimum Gasteiger partial charge on any atom is -0.428 e. The van der Waals surface area contributed by atoms with Crippen LogP contribution in [0.4, 0.5) is 0 Å². The van der Waals surface area contributed by atoms with Crippen LogP contribution in [0.25, 0.3) is 0 Å². The number of oxime groups is 1. The van der Waals surface area contributed by atoms with Gasteiger partial charge in [0, 0.05) is 26.3 Å². The highest BCUT2D eigenvalue weighted by atomic mass is 35.5. The van der Waals surface area contributed by atoms with Crippen LogP contribution in [0, 0.1) is 5.41 Å². The van der Waals surface area contributed by atoms with Crippen molar-refractivity contribution in [1.82, 2.24) is 10.2 Å². The second kappa shape index (κ2) is 10.8. The monoisotopic (exact) mass is 479 g/mol. The number of halogens is 1. The topological polar surface area (TPSA) is 150 Å². The van der Waals surface area contributed by atoms with Crippen LogP contribution in [0.1, 0.15) is 6.92 Å². The van der Waals surface area contributed by atoms with Gasteiger partial charge in [-0.1, -0.05) is 5.16 Å². The van der Waals surface area contributed by atoms with Crippen LogP contribution in [0.3, 0.4) is 0 Å². The molecule has 0 spiro atoms. The molecule has 2 saturated heterocycles. The largest absolute Gasteiger partial charge is 0.428 e. The number of nitrogens with zero attached hydrogens (tertiary/aromatic N) is 2.